The summed E-state index contributed by atoms with van der Waals surface area (Å²) in [5.74, 6) is -0.955. The molecular formula is C23H20F2N2O3. The fourth-order valence-electron chi connectivity index (χ4n) is 3.48. The van der Waals surface area contributed by atoms with Gasteiger partial charge in [-0.05, 0) is 36.2 Å². The Morgan fingerprint density at radius 1 is 1.10 bits per heavy atom. The van der Waals surface area contributed by atoms with Gasteiger partial charge in [0, 0.05) is 11.6 Å². The van der Waals surface area contributed by atoms with Crippen molar-refractivity contribution in [3.05, 3.63) is 88.5 Å². The summed E-state index contributed by atoms with van der Waals surface area (Å²) in [5, 5.41) is 12.3. The molecule has 1 aliphatic heterocycles. The van der Waals surface area contributed by atoms with Gasteiger partial charge in [-0.15, -0.1) is 0 Å². The second-order valence-electron chi connectivity index (χ2n) is 7.06. The lowest BCUT2D eigenvalue weighted by molar-refractivity contribution is 0.255. The molecule has 3 aromatic rings. The molecule has 0 saturated heterocycles. The summed E-state index contributed by atoms with van der Waals surface area (Å²) in [7, 11) is 0. The van der Waals surface area contributed by atoms with Gasteiger partial charge in [0.2, 0.25) is 0 Å². The number of hydrogen-bond donors (Lipinski definition) is 2. The van der Waals surface area contributed by atoms with Crippen molar-refractivity contribution in [3.8, 4) is 5.75 Å². The number of nitrogens with one attached hydrogen (secondary N) is 1. The van der Waals surface area contributed by atoms with Gasteiger partial charge in [-0.25, -0.2) is 13.6 Å². The van der Waals surface area contributed by atoms with E-state index in [0.29, 0.717) is 29.2 Å². The van der Waals surface area contributed by atoms with Gasteiger partial charge in [-0.2, -0.15) is 0 Å². The molecule has 7 heteroatoms. The highest BCUT2D eigenvalue weighted by Gasteiger charge is 2.26. The van der Waals surface area contributed by atoms with Crippen molar-refractivity contribution in [1.29, 1.82) is 0 Å². The molecule has 0 unspecified atom stereocenters. The molecule has 0 saturated carbocycles. The van der Waals surface area contributed by atoms with Crippen LogP contribution in [0.25, 0.3) is 0 Å². The van der Waals surface area contributed by atoms with Gasteiger partial charge in [-0.1, -0.05) is 30.3 Å². The molecule has 0 aliphatic carbocycles. The van der Waals surface area contributed by atoms with Crippen molar-refractivity contribution in [3.63, 3.8) is 0 Å². The molecule has 2 N–H and O–H groups in total. The predicted octanol–water partition coefficient (Wildman–Crippen LogP) is 4.90. The molecule has 30 heavy (non-hydrogen) atoms. The smallest absolute Gasteiger partial charge is 0.326 e. The minimum atomic E-state index is -0.672. The summed E-state index contributed by atoms with van der Waals surface area (Å²) >= 11 is 0. The van der Waals surface area contributed by atoms with E-state index in [9.17, 15) is 18.7 Å². The zero-order valence-electron chi connectivity index (χ0n) is 16.3. The summed E-state index contributed by atoms with van der Waals surface area (Å²) in [6.45, 7) is 1.75. The molecule has 0 fully saturated rings. The number of urea groups is 1. The summed E-state index contributed by atoms with van der Waals surface area (Å²) in [5.41, 5.74) is 3.47. The van der Waals surface area contributed by atoms with Crippen LogP contribution in [-0.2, 0) is 19.8 Å². The van der Waals surface area contributed by atoms with Crippen LogP contribution in [0.2, 0.25) is 0 Å². The first-order valence-corrected chi connectivity index (χ1v) is 9.44. The Morgan fingerprint density at radius 3 is 2.57 bits per heavy atom. The van der Waals surface area contributed by atoms with E-state index in [1.165, 1.54) is 18.2 Å². The van der Waals surface area contributed by atoms with Crippen LogP contribution < -0.4 is 15.0 Å². The summed E-state index contributed by atoms with van der Waals surface area (Å²) in [4.78, 5) is 14.3. The predicted molar refractivity (Wildman–Crippen MR) is 109 cm³/mol. The quantitative estimate of drug-likeness (QED) is 0.629. The zero-order chi connectivity index (χ0) is 21.3. The number of carbonyl (C=O) groups is 1. The third-order valence-electron chi connectivity index (χ3n) is 5.13. The van der Waals surface area contributed by atoms with Gasteiger partial charge < -0.3 is 15.2 Å². The van der Waals surface area contributed by atoms with E-state index in [1.54, 1.807) is 29.2 Å². The van der Waals surface area contributed by atoms with Crippen LogP contribution in [0.4, 0.5) is 25.0 Å². The molecule has 1 heterocycles. The molecule has 0 bridgehead atoms. The number of anilines is 2. The Kier molecular flexibility index (Phi) is 5.37. The average Bonchev–Trinajstić information content (AvgIpc) is 2.73. The molecule has 3 aromatic carbocycles. The summed E-state index contributed by atoms with van der Waals surface area (Å²) in [6.07, 6.45) is 0. The molecule has 0 spiro atoms. The largest absolute Gasteiger partial charge is 0.489 e. The lowest BCUT2D eigenvalue weighted by Crippen LogP contribution is -2.39. The molecule has 0 radical (unpaired) electrons. The second kappa shape index (κ2) is 8.12. The summed E-state index contributed by atoms with van der Waals surface area (Å²) in [6, 6.07) is 14.0. The molecule has 4 rings (SSSR count). The first-order chi connectivity index (χ1) is 14.5. The second-order valence-corrected chi connectivity index (χ2v) is 7.06. The Balaban J connectivity index is 1.60. The van der Waals surface area contributed by atoms with Gasteiger partial charge in [0.25, 0.3) is 0 Å². The van der Waals surface area contributed by atoms with Crippen LogP contribution in [0, 0.1) is 18.6 Å². The van der Waals surface area contributed by atoms with Gasteiger partial charge in [0.05, 0.1) is 30.1 Å². The van der Waals surface area contributed by atoms with E-state index in [4.69, 9.17) is 4.74 Å². The lowest BCUT2D eigenvalue weighted by Gasteiger charge is -2.31. The highest BCUT2D eigenvalue weighted by atomic mass is 19.1. The molecule has 0 atom stereocenters. The number of aliphatic hydroxyl groups excluding tert-OH is 1. The van der Waals surface area contributed by atoms with Crippen LogP contribution in [-0.4, -0.2) is 11.1 Å². The number of amides is 2. The number of para-hydroxylation sites is 1. The third kappa shape index (κ3) is 3.71. The number of aliphatic hydroxyl groups is 1. The molecule has 0 aromatic heterocycles. The fourth-order valence-corrected chi connectivity index (χ4v) is 3.48. The topological polar surface area (TPSA) is 61.8 Å². The van der Waals surface area contributed by atoms with Gasteiger partial charge in [0.1, 0.15) is 24.0 Å². The molecule has 1 aliphatic rings. The van der Waals surface area contributed by atoms with Crippen LogP contribution in [0.1, 0.15) is 22.3 Å². The van der Waals surface area contributed by atoms with Crippen LogP contribution in [0.15, 0.2) is 54.6 Å². The number of ether oxygens (including phenoxy) is 1. The monoisotopic (exact) mass is 410 g/mol. The van der Waals surface area contributed by atoms with E-state index in [0.717, 1.165) is 11.1 Å². The maximum Gasteiger partial charge on any atom is 0.326 e. The van der Waals surface area contributed by atoms with E-state index in [-0.39, 0.29) is 24.8 Å². The van der Waals surface area contributed by atoms with Gasteiger partial charge in [-0.3, -0.25) is 4.90 Å². The number of aryl methyl sites for hydroxylation is 1. The number of nitrogens with zero attached hydrogens (tertiary/aromatic N) is 1. The highest BCUT2D eigenvalue weighted by molar-refractivity contribution is 6.05. The Bertz CT molecular complexity index is 1100. The maximum absolute atomic E-state index is 13.8. The first-order valence-electron chi connectivity index (χ1n) is 9.44. The van der Waals surface area contributed by atoms with Gasteiger partial charge >= 0.3 is 6.03 Å². The fraction of sp³-hybridized carbons (Fsp3) is 0.174. The van der Waals surface area contributed by atoms with Crippen LogP contribution in [0.5, 0.6) is 5.75 Å². The third-order valence-corrected chi connectivity index (χ3v) is 5.13. The Morgan fingerprint density at radius 2 is 1.83 bits per heavy atom. The van der Waals surface area contributed by atoms with E-state index < -0.39 is 11.6 Å². The van der Waals surface area contributed by atoms with Crippen molar-refractivity contribution >= 4 is 17.4 Å². The highest BCUT2D eigenvalue weighted by Crippen LogP contribution is 2.33. The van der Waals surface area contributed by atoms with Crippen LogP contribution in [0.3, 0.4) is 0 Å². The number of rotatable bonds is 5. The maximum atomic E-state index is 13.8. The first kappa shape index (κ1) is 19.8. The minimum Gasteiger partial charge on any atom is -0.489 e. The molecular weight excluding hydrogens is 390 g/mol. The number of carbonyl (C=O) groups excluding carboxylic acids is 1. The van der Waals surface area contributed by atoms with Crippen molar-refractivity contribution in [1.82, 2.24) is 0 Å². The van der Waals surface area contributed by atoms with Crippen molar-refractivity contribution in [2.24, 2.45) is 0 Å². The normalized spacial score (nSPS) is 13.1. The molecule has 2 amide bonds. The standard InChI is InChI=1S/C23H20F2N2O3/c1-14-8-9-17(30-13-18-19(24)6-3-7-20(18)25)10-21(14)27-11-15-4-2-5-16(12-28)22(15)26-23(27)29/h2-10,28H,11-13H2,1H3,(H,26,29). The SMILES string of the molecule is Cc1ccc(OCc2c(F)cccc2F)cc1N1Cc2cccc(CO)c2NC1=O. The zero-order valence-corrected chi connectivity index (χ0v) is 16.3. The Hall–Kier alpha value is -3.45. The van der Waals surface area contributed by atoms with Crippen molar-refractivity contribution < 1.29 is 23.4 Å². The molecule has 5 nitrogen and oxygen atoms in total. The van der Waals surface area contributed by atoms with Crippen molar-refractivity contribution in [2.45, 2.75) is 26.7 Å². The number of hydrogen-bond acceptors (Lipinski definition) is 3. The van der Waals surface area contributed by atoms with E-state index in [2.05, 4.69) is 5.32 Å². The number of benzene rings is 3. The van der Waals surface area contributed by atoms with Crippen LogP contribution >= 0.6 is 0 Å². The summed E-state index contributed by atoms with van der Waals surface area (Å²) < 4.78 is 33.3. The van der Waals surface area contributed by atoms with E-state index >= 15 is 0 Å². The number of fused-ring (bicyclic) bond motifs is 1. The number of halogens is 2. The van der Waals surface area contributed by atoms with Gasteiger partial charge in [0.15, 0.2) is 0 Å². The average molecular weight is 410 g/mol. The Labute approximate surface area is 172 Å². The lowest BCUT2D eigenvalue weighted by atomic mass is 10.0. The molecule has 154 valence electrons. The van der Waals surface area contributed by atoms with Crippen molar-refractivity contribution in [2.75, 3.05) is 10.2 Å². The van der Waals surface area contributed by atoms with E-state index in [1.807, 2.05) is 19.1 Å². The minimum absolute atomic E-state index is 0.152.